The molecule has 6 heteroatoms. The Balaban J connectivity index is 1.75. The molecule has 0 radical (unpaired) electrons. The first-order valence-corrected chi connectivity index (χ1v) is 6.70. The summed E-state index contributed by atoms with van der Waals surface area (Å²) >= 11 is 6.05. The Morgan fingerprint density at radius 3 is 2.90 bits per heavy atom. The van der Waals surface area contributed by atoms with Crippen LogP contribution in [0.3, 0.4) is 0 Å². The van der Waals surface area contributed by atoms with Crippen molar-refractivity contribution in [2.45, 2.75) is 6.61 Å². The fourth-order valence-corrected chi connectivity index (χ4v) is 2.29. The van der Waals surface area contributed by atoms with Gasteiger partial charge in [-0.1, -0.05) is 17.7 Å². The Labute approximate surface area is 126 Å². The van der Waals surface area contributed by atoms with E-state index in [9.17, 15) is 0 Å². The SMILES string of the molecule is N=C(N)c1ccc(OCc2cn3ccccc3n2)cc1Cl. The summed E-state index contributed by atoms with van der Waals surface area (Å²) in [7, 11) is 0. The van der Waals surface area contributed by atoms with E-state index < -0.39 is 0 Å². The second-order valence-corrected chi connectivity index (χ2v) is 4.95. The van der Waals surface area contributed by atoms with Gasteiger partial charge in [0, 0.05) is 18.0 Å². The van der Waals surface area contributed by atoms with Crippen LogP contribution in [0.1, 0.15) is 11.3 Å². The smallest absolute Gasteiger partial charge is 0.137 e. The average molecular weight is 301 g/mol. The number of fused-ring (bicyclic) bond motifs is 1. The standard InChI is InChI=1S/C15H13ClN4O/c16-13-7-11(4-5-12(13)15(17)18)21-9-10-8-20-6-2-1-3-14(20)19-10/h1-8H,9H2,(H3,17,18). The number of ether oxygens (including phenoxy) is 1. The van der Waals surface area contributed by atoms with Gasteiger partial charge in [-0.3, -0.25) is 5.41 Å². The number of amidine groups is 1. The molecule has 0 aliphatic heterocycles. The molecule has 2 aromatic heterocycles. The molecule has 2 heterocycles. The Morgan fingerprint density at radius 1 is 1.33 bits per heavy atom. The molecule has 21 heavy (non-hydrogen) atoms. The molecule has 0 unspecified atom stereocenters. The molecule has 3 rings (SSSR count). The lowest BCUT2D eigenvalue weighted by molar-refractivity contribution is 0.302. The molecule has 0 spiro atoms. The first-order valence-electron chi connectivity index (χ1n) is 6.33. The van der Waals surface area contributed by atoms with Crippen molar-refractivity contribution in [2.75, 3.05) is 0 Å². The van der Waals surface area contributed by atoms with E-state index in [1.54, 1.807) is 18.2 Å². The highest BCUT2D eigenvalue weighted by atomic mass is 35.5. The zero-order chi connectivity index (χ0) is 14.8. The van der Waals surface area contributed by atoms with Gasteiger partial charge in [0.15, 0.2) is 0 Å². The predicted octanol–water partition coefficient (Wildman–Crippen LogP) is 2.85. The van der Waals surface area contributed by atoms with Crippen LogP contribution >= 0.6 is 11.6 Å². The lowest BCUT2D eigenvalue weighted by atomic mass is 10.2. The molecule has 1 aromatic carbocycles. The number of benzene rings is 1. The Kier molecular flexibility index (Phi) is 3.50. The van der Waals surface area contributed by atoms with Gasteiger partial charge < -0.3 is 14.9 Å². The van der Waals surface area contributed by atoms with Crippen LogP contribution in [0.15, 0.2) is 48.8 Å². The Hall–Kier alpha value is -2.53. The topological polar surface area (TPSA) is 76.4 Å². The van der Waals surface area contributed by atoms with E-state index in [2.05, 4.69) is 4.98 Å². The molecule has 0 amide bonds. The van der Waals surface area contributed by atoms with Gasteiger partial charge in [-0.25, -0.2) is 4.98 Å². The fourth-order valence-electron chi connectivity index (χ4n) is 2.02. The molecule has 0 atom stereocenters. The number of pyridine rings is 1. The van der Waals surface area contributed by atoms with E-state index in [0.717, 1.165) is 11.3 Å². The summed E-state index contributed by atoms with van der Waals surface area (Å²) in [5.41, 5.74) is 7.62. The minimum atomic E-state index is -0.0631. The Morgan fingerprint density at radius 2 is 2.19 bits per heavy atom. The van der Waals surface area contributed by atoms with Gasteiger partial charge in [-0.05, 0) is 30.3 Å². The van der Waals surface area contributed by atoms with Crippen molar-refractivity contribution in [1.82, 2.24) is 9.38 Å². The van der Waals surface area contributed by atoms with Crippen molar-refractivity contribution in [3.63, 3.8) is 0 Å². The number of nitrogens with two attached hydrogens (primary N) is 1. The van der Waals surface area contributed by atoms with Gasteiger partial charge in [-0.2, -0.15) is 0 Å². The maximum Gasteiger partial charge on any atom is 0.137 e. The summed E-state index contributed by atoms with van der Waals surface area (Å²) in [4.78, 5) is 4.45. The number of aromatic nitrogens is 2. The summed E-state index contributed by atoms with van der Waals surface area (Å²) in [5, 5.41) is 7.78. The quantitative estimate of drug-likeness (QED) is 0.574. The molecule has 0 aliphatic rings. The third-order valence-corrected chi connectivity index (χ3v) is 3.34. The van der Waals surface area contributed by atoms with E-state index in [-0.39, 0.29) is 5.84 Å². The molecule has 0 bridgehead atoms. The molecular weight excluding hydrogens is 288 g/mol. The van der Waals surface area contributed by atoms with Crippen LogP contribution in [0, 0.1) is 5.41 Å². The van der Waals surface area contributed by atoms with Crippen LogP contribution < -0.4 is 10.5 Å². The van der Waals surface area contributed by atoms with Crippen LogP contribution in [0.5, 0.6) is 5.75 Å². The van der Waals surface area contributed by atoms with Crippen LogP contribution in [0.4, 0.5) is 0 Å². The monoisotopic (exact) mass is 300 g/mol. The van der Waals surface area contributed by atoms with Crippen molar-refractivity contribution in [3.05, 3.63) is 65.1 Å². The number of imidazole rings is 1. The molecule has 3 N–H and O–H groups in total. The molecular formula is C15H13ClN4O. The van der Waals surface area contributed by atoms with Gasteiger partial charge in [0.05, 0.1) is 10.7 Å². The van der Waals surface area contributed by atoms with Crippen LogP contribution in [-0.2, 0) is 6.61 Å². The fraction of sp³-hybridized carbons (Fsp3) is 0.0667. The summed E-state index contributed by atoms with van der Waals surface area (Å²) in [6.07, 6.45) is 3.85. The first kappa shape index (κ1) is 13.5. The average Bonchev–Trinajstić information content (AvgIpc) is 2.87. The predicted molar refractivity (Wildman–Crippen MR) is 82.0 cm³/mol. The van der Waals surface area contributed by atoms with Crippen LogP contribution in [-0.4, -0.2) is 15.2 Å². The number of hydrogen-bond acceptors (Lipinski definition) is 3. The van der Waals surface area contributed by atoms with Gasteiger partial charge in [0.25, 0.3) is 0 Å². The lowest BCUT2D eigenvalue weighted by Crippen LogP contribution is -2.11. The van der Waals surface area contributed by atoms with Crippen molar-refractivity contribution in [3.8, 4) is 5.75 Å². The molecule has 0 fully saturated rings. The Bertz CT molecular complexity index is 779. The molecule has 0 aliphatic carbocycles. The number of nitrogens with zero attached hydrogens (tertiary/aromatic N) is 2. The van der Waals surface area contributed by atoms with E-state index in [4.69, 9.17) is 27.5 Å². The van der Waals surface area contributed by atoms with E-state index in [1.165, 1.54) is 0 Å². The molecule has 106 valence electrons. The normalized spacial score (nSPS) is 10.7. The van der Waals surface area contributed by atoms with Gasteiger partial charge in [0.1, 0.15) is 23.8 Å². The lowest BCUT2D eigenvalue weighted by Gasteiger charge is -2.07. The molecule has 0 saturated heterocycles. The largest absolute Gasteiger partial charge is 0.487 e. The van der Waals surface area contributed by atoms with E-state index in [0.29, 0.717) is 22.9 Å². The van der Waals surface area contributed by atoms with E-state index >= 15 is 0 Å². The first-order chi connectivity index (χ1) is 10.1. The van der Waals surface area contributed by atoms with Gasteiger partial charge in [0.2, 0.25) is 0 Å². The van der Waals surface area contributed by atoms with Crippen molar-refractivity contribution in [1.29, 1.82) is 5.41 Å². The minimum absolute atomic E-state index is 0.0631. The zero-order valence-electron chi connectivity index (χ0n) is 11.1. The third-order valence-electron chi connectivity index (χ3n) is 3.03. The summed E-state index contributed by atoms with van der Waals surface area (Å²) in [5.74, 6) is 0.550. The number of hydrogen-bond donors (Lipinski definition) is 2. The van der Waals surface area contributed by atoms with Crippen molar-refractivity contribution >= 4 is 23.1 Å². The van der Waals surface area contributed by atoms with Crippen molar-refractivity contribution in [2.24, 2.45) is 5.73 Å². The van der Waals surface area contributed by atoms with Gasteiger partial charge in [-0.15, -0.1) is 0 Å². The third kappa shape index (κ3) is 2.83. The summed E-state index contributed by atoms with van der Waals surface area (Å²) in [6, 6.07) is 10.9. The van der Waals surface area contributed by atoms with E-state index in [1.807, 2.05) is 35.0 Å². The maximum atomic E-state index is 7.38. The minimum Gasteiger partial charge on any atom is -0.487 e. The number of nitrogen functional groups attached to an aromatic ring is 1. The van der Waals surface area contributed by atoms with Crippen LogP contribution in [0.25, 0.3) is 5.65 Å². The number of rotatable bonds is 4. The van der Waals surface area contributed by atoms with Crippen molar-refractivity contribution < 1.29 is 4.74 Å². The molecule has 3 aromatic rings. The zero-order valence-corrected chi connectivity index (χ0v) is 11.8. The molecule has 5 nitrogen and oxygen atoms in total. The van der Waals surface area contributed by atoms with Crippen LogP contribution in [0.2, 0.25) is 5.02 Å². The second kappa shape index (κ2) is 5.46. The molecule has 0 saturated carbocycles. The van der Waals surface area contributed by atoms with Gasteiger partial charge >= 0.3 is 0 Å². The highest BCUT2D eigenvalue weighted by molar-refractivity contribution is 6.34. The number of nitrogens with one attached hydrogen (secondary N) is 1. The highest BCUT2D eigenvalue weighted by Crippen LogP contribution is 2.23. The summed E-state index contributed by atoms with van der Waals surface area (Å²) < 4.78 is 7.60. The second-order valence-electron chi connectivity index (χ2n) is 4.54. The summed E-state index contributed by atoms with van der Waals surface area (Å²) in [6.45, 7) is 0.345. The maximum absolute atomic E-state index is 7.38. The highest BCUT2D eigenvalue weighted by Gasteiger charge is 2.06. The number of halogens is 1.